The third-order valence-corrected chi connectivity index (χ3v) is 7.35. The highest BCUT2D eigenvalue weighted by Crippen LogP contribution is 2.41. The summed E-state index contributed by atoms with van der Waals surface area (Å²) in [5.41, 5.74) is 2.41. The molecule has 0 aliphatic carbocycles. The van der Waals surface area contributed by atoms with Crippen molar-refractivity contribution in [2.24, 2.45) is 4.99 Å². The number of hydrogen-bond donors (Lipinski definition) is 2. The second-order valence-electron chi connectivity index (χ2n) is 8.98. The van der Waals surface area contributed by atoms with E-state index in [1.807, 2.05) is 71.4 Å². The summed E-state index contributed by atoms with van der Waals surface area (Å²) in [5.74, 6) is -0.893. The Kier molecular flexibility index (Phi) is 7.95. The summed E-state index contributed by atoms with van der Waals surface area (Å²) in [6.07, 6.45) is 5.76. The molecule has 1 atom stereocenters. The number of rotatable bonds is 8. The number of ether oxygens (including phenoxy) is 2. The number of aliphatic hydroxyl groups excluding tert-OH is 1. The molecule has 8 nitrogen and oxygen atoms in total. The quantitative estimate of drug-likeness (QED) is 0.391. The molecular weight excluding hydrogens is 502 g/mol. The van der Waals surface area contributed by atoms with Crippen molar-refractivity contribution in [2.75, 3.05) is 19.8 Å². The lowest BCUT2D eigenvalue weighted by molar-refractivity contribution is -0.138. The van der Waals surface area contributed by atoms with Gasteiger partial charge in [-0.2, -0.15) is 0 Å². The molecule has 0 spiro atoms. The molecular formula is C29H29N3O5S. The highest BCUT2D eigenvalue weighted by atomic mass is 32.2. The van der Waals surface area contributed by atoms with Gasteiger partial charge in [0.1, 0.15) is 22.9 Å². The van der Waals surface area contributed by atoms with Crippen molar-refractivity contribution in [1.82, 2.24) is 9.88 Å². The molecule has 0 radical (unpaired) electrons. The summed E-state index contributed by atoms with van der Waals surface area (Å²) in [6, 6.07) is 17.0. The lowest BCUT2D eigenvalue weighted by Gasteiger charge is -2.11. The number of thioether (sulfide) groups is 1. The lowest BCUT2D eigenvalue weighted by Crippen LogP contribution is -2.34. The Morgan fingerprint density at radius 2 is 2.00 bits per heavy atom. The number of aliphatic imine (C=N–C) groups is 1. The third-order valence-electron chi connectivity index (χ3n) is 6.33. The molecule has 2 aliphatic rings. The van der Waals surface area contributed by atoms with Gasteiger partial charge in [-0.25, -0.2) is 9.79 Å². The zero-order chi connectivity index (χ0) is 26.5. The standard InChI is InChI=1S/C29H29N3O5S/c1-2-36-29(35)26-27(34)24(38-28(26)31-20-9-4-3-5-10-20)15-19-17-32(23-13-7-6-12-22(19)23)18-25(33)30-16-21-11-8-14-37-21/h3-7,9-10,12-13,15,17,21,34H,2,8,11,14,16,18H2,1H3,(H,30,33)/b24-15-,31-28?/t21-/m1/s1. The minimum atomic E-state index is -0.624. The monoisotopic (exact) mass is 531 g/mol. The van der Waals surface area contributed by atoms with E-state index in [1.54, 1.807) is 6.92 Å². The van der Waals surface area contributed by atoms with Gasteiger partial charge in [0.05, 0.1) is 23.3 Å². The fourth-order valence-electron chi connectivity index (χ4n) is 4.52. The molecule has 3 aromatic rings. The van der Waals surface area contributed by atoms with Crippen molar-refractivity contribution in [3.8, 4) is 0 Å². The summed E-state index contributed by atoms with van der Waals surface area (Å²) in [7, 11) is 0. The fourth-order valence-corrected chi connectivity index (χ4v) is 5.54. The molecule has 196 valence electrons. The van der Waals surface area contributed by atoms with Gasteiger partial charge in [-0.1, -0.05) is 48.2 Å². The zero-order valence-electron chi connectivity index (χ0n) is 21.1. The van der Waals surface area contributed by atoms with Crippen LogP contribution in [0.15, 0.2) is 82.0 Å². The number of carbonyl (C=O) groups is 2. The van der Waals surface area contributed by atoms with E-state index >= 15 is 0 Å². The number of nitrogens with one attached hydrogen (secondary N) is 1. The number of carbonyl (C=O) groups excluding carboxylic acids is 2. The van der Waals surface area contributed by atoms with Gasteiger partial charge < -0.3 is 24.5 Å². The van der Waals surface area contributed by atoms with Crippen LogP contribution < -0.4 is 5.32 Å². The number of para-hydroxylation sites is 2. The van der Waals surface area contributed by atoms with Gasteiger partial charge >= 0.3 is 5.97 Å². The zero-order valence-corrected chi connectivity index (χ0v) is 21.9. The highest BCUT2D eigenvalue weighted by molar-refractivity contribution is 8.18. The Balaban J connectivity index is 1.45. The Morgan fingerprint density at radius 1 is 1.21 bits per heavy atom. The van der Waals surface area contributed by atoms with Crippen molar-refractivity contribution in [3.63, 3.8) is 0 Å². The number of benzene rings is 2. The topological polar surface area (TPSA) is 102 Å². The van der Waals surface area contributed by atoms with Crippen molar-refractivity contribution >= 4 is 51.3 Å². The van der Waals surface area contributed by atoms with Gasteiger partial charge in [0.25, 0.3) is 0 Å². The molecule has 1 aromatic heterocycles. The van der Waals surface area contributed by atoms with Crippen LogP contribution in [0, 0.1) is 0 Å². The normalized spacial score (nSPS) is 19.6. The maximum absolute atomic E-state index is 12.7. The molecule has 38 heavy (non-hydrogen) atoms. The summed E-state index contributed by atoms with van der Waals surface area (Å²) in [6.45, 7) is 3.30. The van der Waals surface area contributed by atoms with E-state index < -0.39 is 5.97 Å². The van der Waals surface area contributed by atoms with Crippen LogP contribution in [0.2, 0.25) is 0 Å². The van der Waals surface area contributed by atoms with Gasteiger partial charge in [-0.05, 0) is 44.0 Å². The smallest absolute Gasteiger partial charge is 0.344 e. The van der Waals surface area contributed by atoms with E-state index in [0.717, 1.165) is 35.9 Å². The Morgan fingerprint density at radius 3 is 2.76 bits per heavy atom. The summed E-state index contributed by atoms with van der Waals surface area (Å²) >= 11 is 1.21. The van der Waals surface area contributed by atoms with Crippen LogP contribution in [0.1, 0.15) is 25.3 Å². The van der Waals surface area contributed by atoms with Crippen LogP contribution in [-0.4, -0.2) is 52.5 Å². The molecule has 2 aromatic carbocycles. The van der Waals surface area contributed by atoms with Gasteiger partial charge in [0.2, 0.25) is 5.91 Å². The molecule has 5 rings (SSSR count). The molecule has 1 saturated heterocycles. The van der Waals surface area contributed by atoms with E-state index in [2.05, 4.69) is 10.3 Å². The van der Waals surface area contributed by atoms with E-state index in [-0.39, 0.29) is 36.5 Å². The molecule has 2 N–H and O–H groups in total. The van der Waals surface area contributed by atoms with Crippen LogP contribution in [-0.2, 0) is 25.6 Å². The molecule has 1 fully saturated rings. The Labute approximate surface area is 225 Å². The first-order valence-electron chi connectivity index (χ1n) is 12.6. The van der Waals surface area contributed by atoms with Crippen LogP contribution in [0.4, 0.5) is 5.69 Å². The number of nitrogens with zero attached hydrogens (tertiary/aromatic N) is 2. The number of aliphatic hydroxyl groups is 1. The number of amides is 1. The Hall–Kier alpha value is -3.82. The van der Waals surface area contributed by atoms with Crippen LogP contribution in [0.25, 0.3) is 17.0 Å². The molecule has 3 heterocycles. The predicted octanol–water partition coefficient (Wildman–Crippen LogP) is 5.13. The van der Waals surface area contributed by atoms with E-state index in [1.165, 1.54) is 11.8 Å². The lowest BCUT2D eigenvalue weighted by atomic mass is 10.1. The number of aromatic nitrogens is 1. The Bertz CT molecular complexity index is 1430. The van der Waals surface area contributed by atoms with Crippen molar-refractivity contribution < 1.29 is 24.2 Å². The minimum Gasteiger partial charge on any atom is -0.506 e. The maximum atomic E-state index is 12.7. The first-order chi connectivity index (χ1) is 18.5. The maximum Gasteiger partial charge on any atom is 0.344 e. The second-order valence-corrected chi connectivity index (χ2v) is 10.0. The third kappa shape index (κ3) is 5.69. The first-order valence-corrected chi connectivity index (χ1v) is 13.5. The SMILES string of the molecule is CCOC(=O)C1=C(O)/C(=C/c2cn(CC(=O)NC[C@H]3CCCO3)c3ccccc23)SC1=Nc1ccccc1. The van der Waals surface area contributed by atoms with Crippen molar-refractivity contribution in [1.29, 1.82) is 0 Å². The number of hydrogen-bond acceptors (Lipinski definition) is 7. The molecule has 9 heteroatoms. The molecule has 1 amide bonds. The summed E-state index contributed by atoms with van der Waals surface area (Å²) in [5, 5.41) is 15.3. The number of esters is 1. The van der Waals surface area contributed by atoms with Crippen LogP contribution >= 0.6 is 11.8 Å². The molecule has 2 aliphatic heterocycles. The van der Waals surface area contributed by atoms with Gasteiger partial charge in [0, 0.05) is 35.8 Å². The van der Waals surface area contributed by atoms with Crippen LogP contribution in [0.3, 0.4) is 0 Å². The van der Waals surface area contributed by atoms with Gasteiger partial charge in [-0.15, -0.1) is 0 Å². The van der Waals surface area contributed by atoms with Crippen molar-refractivity contribution in [3.05, 3.63) is 82.6 Å². The summed E-state index contributed by atoms with van der Waals surface area (Å²) < 4.78 is 12.7. The predicted molar refractivity (Wildman–Crippen MR) is 149 cm³/mol. The van der Waals surface area contributed by atoms with Gasteiger partial charge in [0.15, 0.2) is 0 Å². The second kappa shape index (κ2) is 11.7. The van der Waals surface area contributed by atoms with E-state index in [4.69, 9.17) is 9.47 Å². The largest absolute Gasteiger partial charge is 0.506 e. The van der Waals surface area contributed by atoms with E-state index in [9.17, 15) is 14.7 Å². The van der Waals surface area contributed by atoms with Crippen LogP contribution in [0.5, 0.6) is 0 Å². The highest BCUT2D eigenvalue weighted by Gasteiger charge is 2.33. The molecule has 0 unspecified atom stereocenters. The van der Waals surface area contributed by atoms with Gasteiger partial charge in [-0.3, -0.25) is 4.79 Å². The summed E-state index contributed by atoms with van der Waals surface area (Å²) in [4.78, 5) is 30.5. The first kappa shape index (κ1) is 25.8. The van der Waals surface area contributed by atoms with E-state index in [0.29, 0.717) is 22.2 Å². The average molecular weight is 532 g/mol. The fraction of sp³-hybridized carbons (Fsp3) is 0.276. The van der Waals surface area contributed by atoms with Crippen molar-refractivity contribution in [2.45, 2.75) is 32.4 Å². The molecule has 0 bridgehead atoms. The molecule has 0 saturated carbocycles. The number of fused-ring (bicyclic) bond motifs is 1. The average Bonchev–Trinajstić information content (AvgIpc) is 3.63. The minimum absolute atomic E-state index is 0.0456.